The Balaban J connectivity index is 0.886. The summed E-state index contributed by atoms with van der Waals surface area (Å²) in [6.45, 7) is 9.56. The molecule has 3 aromatic rings. The molecule has 0 bridgehead atoms. The van der Waals surface area contributed by atoms with Gasteiger partial charge in [-0.3, -0.25) is 4.79 Å². The van der Waals surface area contributed by atoms with Crippen molar-refractivity contribution in [2.24, 2.45) is 17.8 Å². The zero-order valence-corrected chi connectivity index (χ0v) is 23.7. The SMILES string of the molecule is Cc1nc2c([nH]1)CN(C(=O)Cc1ccc(OCCCC3CC3C3CCN(c4nc(C(C)C)no4)CC3)cc1F)C2. The number of aromatic amines is 1. The zero-order chi connectivity index (χ0) is 27.8. The number of anilines is 1. The second kappa shape index (κ2) is 11.2. The number of amides is 1. The summed E-state index contributed by atoms with van der Waals surface area (Å²) >= 11 is 0. The van der Waals surface area contributed by atoms with Crippen LogP contribution < -0.4 is 9.64 Å². The van der Waals surface area contributed by atoms with Gasteiger partial charge in [-0.25, -0.2) is 9.37 Å². The fraction of sp³-hybridized carbons (Fsp3) is 0.600. The van der Waals surface area contributed by atoms with Gasteiger partial charge in [-0.2, -0.15) is 4.98 Å². The first-order valence-corrected chi connectivity index (χ1v) is 14.7. The molecule has 1 saturated carbocycles. The van der Waals surface area contributed by atoms with Crippen LogP contribution in [0, 0.1) is 30.5 Å². The van der Waals surface area contributed by atoms with Gasteiger partial charge in [0, 0.05) is 25.1 Å². The van der Waals surface area contributed by atoms with E-state index in [9.17, 15) is 9.18 Å². The summed E-state index contributed by atoms with van der Waals surface area (Å²) in [5, 5.41) is 4.10. The van der Waals surface area contributed by atoms with Crippen molar-refractivity contribution in [1.29, 1.82) is 0 Å². The fourth-order valence-electron chi connectivity index (χ4n) is 6.31. The molecule has 1 aromatic carbocycles. The summed E-state index contributed by atoms with van der Waals surface area (Å²) in [6.07, 6.45) is 5.79. The Hall–Kier alpha value is -3.43. The average Bonchev–Trinajstić information content (AvgIpc) is 3.22. The maximum absolute atomic E-state index is 14.7. The number of fused-ring (bicyclic) bond motifs is 1. The first kappa shape index (κ1) is 26.8. The van der Waals surface area contributed by atoms with Gasteiger partial charge in [-0.1, -0.05) is 25.1 Å². The van der Waals surface area contributed by atoms with Crippen molar-refractivity contribution >= 4 is 11.9 Å². The Bertz CT molecular complexity index is 1320. The lowest BCUT2D eigenvalue weighted by Crippen LogP contribution is -2.34. The second-order valence-electron chi connectivity index (χ2n) is 12.0. The quantitative estimate of drug-likeness (QED) is 0.348. The van der Waals surface area contributed by atoms with E-state index in [2.05, 4.69) is 38.9 Å². The van der Waals surface area contributed by atoms with Gasteiger partial charge in [0.15, 0.2) is 5.82 Å². The summed E-state index contributed by atoms with van der Waals surface area (Å²) in [5.74, 6) is 4.28. The molecular formula is C30H39FN6O3. The Labute approximate surface area is 234 Å². The van der Waals surface area contributed by atoms with Crippen LogP contribution in [0.2, 0.25) is 0 Å². The Kier molecular flexibility index (Phi) is 7.51. The van der Waals surface area contributed by atoms with E-state index in [4.69, 9.17) is 9.26 Å². The largest absolute Gasteiger partial charge is 0.493 e. The number of nitrogens with one attached hydrogen (secondary N) is 1. The van der Waals surface area contributed by atoms with Crippen molar-refractivity contribution in [1.82, 2.24) is 25.0 Å². The van der Waals surface area contributed by atoms with E-state index in [1.807, 2.05) is 6.92 Å². The highest BCUT2D eigenvalue weighted by molar-refractivity contribution is 5.79. The molecule has 1 amide bonds. The third-order valence-corrected chi connectivity index (χ3v) is 8.72. The molecule has 2 fully saturated rings. The third kappa shape index (κ3) is 5.86. The maximum atomic E-state index is 14.7. The van der Waals surface area contributed by atoms with E-state index in [1.165, 1.54) is 25.3 Å². The first-order valence-electron chi connectivity index (χ1n) is 14.7. The lowest BCUT2D eigenvalue weighted by Gasteiger charge is -2.30. The van der Waals surface area contributed by atoms with Gasteiger partial charge >= 0.3 is 6.01 Å². The molecule has 9 nitrogen and oxygen atoms in total. The number of H-pyrrole nitrogens is 1. The highest BCUT2D eigenvalue weighted by Gasteiger charge is 2.43. The van der Waals surface area contributed by atoms with Crippen molar-refractivity contribution in [3.8, 4) is 5.75 Å². The van der Waals surface area contributed by atoms with E-state index < -0.39 is 5.82 Å². The molecule has 2 aromatic heterocycles. The van der Waals surface area contributed by atoms with Crippen LogP contribution in [0.3, 0.4) is 0 Å². The maximum Gasteiger partial charge on any atom is 0.324 e. The molecule has 1 saturated heterocycles. The van der Waals surface area contributed by atoms with E-state index in [-0.39, 0.29) is 18.2 Å². The smallest absolute Gasteiger partial charge is 0.324 e. The molecule has 1 N–H and O–H groups in total. The van der Waals surface area contributed by atoms with E-state index in [1.54, 1.807) is 17.0 Å². The standard InChI is InChI=1S/C30H39FN6O3/c1-18(2)29-34-30(40-35-29)36-10-8-20(9-11-36)24-13-21(24)5-4-12-39-23-7-6-22(25(31)15-23)14-28(38)37-16-26-27(17-37)33-19(3)32-26/h6-7,15,18,20-21,24H,4-5,8-14,16-17H2,1-3H3,(H,32,33). The average molecular weight is 551 g/mol. The number of hydrogen-bond donors (Lipinski definition) is 1. The lowest BCUT2D eigenvalue weighted by molar-refractivity contribution is -0.131. The van der Waals surface area contributed by atoms with Crippen LogP contribution in [-0.4, -0.2) is 50.6 Å². The molecule has 2 aliphatic heterocycles. The number of carbonyl (C=O) groups excluding carboxylic acids is 1. The molecule has 1 aliphatic carbocycles. The Morgan fingerprint density at radius 3 is 2.77 bits per heavy atom. The number of benzene rings is 1. The van der Waals surface area contributed by atoms with Crippen LogP contribution in [0.5, 0.6) is 5.75 Å². The van der Waals surface area contributed by atoms with Crippen molar-refractivity contribution in [3.05, 3.63) is 52.6 Å². The third-order valence-electron chi connectivity index (χ3n) is 8.72. The number of aromatic nitrogens is 4. The van der Waals surface area contributed by atoms with Gasteiger partial charge in [0.1, 0.15) is 17.4 Å². The van der Waals surface area contributed by atoms with Crippen LogP contribution >= 0.6 is 0 Å². The van der Waals surface area contributed by atoms with E-state index in [0.717, 1.165) is 66.7 Å². The fourth-order valence-corrected chi connectivity index (χ4v) is 6.31. The normalized spacial score (nSPS) is 20.8. The predicted molar refractivity (Wildman–Crippen MR) is 147 cm³/mol. The highest BCUT2D eigenvalue weighted by Crippen LogP contribution is 2.50. The molecule has 4 heterocycles. The minimum absolute atomic E-state index is 0.0330. The second-order valence-corrected chi connectivity index (χ2v) is 12.0. The zero-order valence-electron chi connectivity index (χ0n) is 23.7. The van der Waals surface area contributed by atoms with Crippen LogP contribution in [0.25, 0.3) is 0 Å². The number of aryl methyl sites for hydroxylation is 1. The molecule has 3 aliphatic rings. The van der Waals surface area contributed by atoms with Gasteiger partial charge in [0.05, 0.1) is 37.5 Å². The minimum atomic E-state index is -0.396. The highest BCUT2D eigenvalue weighted by atomic mass is 19.1. The summed E-state index contributed by atoms with van der Waals surface area (Å²) in [5.41, 5.74) is 2.26. The van der Waals surface area contributed by atoms with E-state index in [0.29, 0.717) is 37.0 Å². The summed E-state index contributed by atoms with van der Waals surface area (Å²) in [6, 6.07) is 5.50. The number of piperidine rings is 1. The Morgan fingerprint density at radius 2 is 2.05 bits per heavy atom. The molecule has 6 rings (SSSR count). The molecular weight excluding hydrogens is 511 g/mol. The number of nitrogens with zero attached hydrogens (tertiary/aromatic N) is 5. The van der Waals surface area contributed by atoms with Gasteiger partial charge in [0.25, 0.3) is 0 Å². The van der Waals surface area contributed by atoms with Crippen molar-refractivity contribution in [2.45, 2.75) is 78.3 Å². The topological polar surface area (TPSA) is 100 Å². The summed E-state index contributed by atoms with van der Waals surface area (Å²) in [7, 11) is 0. The summed E-state index contributed by atoms with van der Waals surface area (Å²) < 4.78 is 26.1. The lowest BCUT2D eigenvalue weighted by atomic mass is 9.90. The molecule has 214 valence electrons. The molecule has 10 heteroatoms. The number of hydrogen-bond acceptors (Lipinski definition) is 7. The number of imidazole rings is 1. The molecule has 0 radical (unpaired) electrons. The first-order chi connectivity index (χ1) is 19.3. The van der Waals surface area contributed by atoms with Crippen LogP contribution in [-0.2, 0) is 24.3 Å². The Morgan fingerprint density at radius 1 is 1.23 bits per heavy atom. The van der Waals surface area contributed by atoms with Crippen LogP contribution in [0.4, 0.5) is 10.4 Å². The monoisotopic (exact) mass is 550 g/mol. The number of carbonyl (C=O) groups is 1. The van der Waals surface area contributed by atoms with Gasteiger partial charge in [-0.15, -0.1) is 0 Å². The predicted octanol–water partition coefficient (Wildman–Crippen LogP) is 5.16. The number of rotatable bonds is 10. The van der Waals surface area contributed by atoms with Crippen molar-refractivity contribution < 1.29 is 18.4 Å². The van der Waals surface area contributed by atoms with Crippen molar-refractivity contribution in [2.75, 3.05) is 24.6 Å². The molecule has 40 heavy (non-hydrogen) atoms. The number of halogens is 1. The van der Waals surface area contributed by atoms with Crippen LogP contribution in [0.15, 0.2) is 22.7 Å². The molecule has 0 spiro atoms. The molecule has 2 unspecified atom stereocenters. The summed E-state index contributed by atoms with van der Waals surface area (Å²) in [4.78, 5) is 28.8. The van der Waals surface area contributed by atoms with Gasteiger partial charge < -0.3 is 24.0 Å². The molecule has 2 atom stereocenters. The van der Waals surface area contributed by atoms with Gasteiger partial charge in [-0.05, 0) is 68.4 Å². The van der Waals surface area contributed by atoms with Gasteiger partial charge in [0.2, 0.25) is 5.91 Å². The van der Waals surface area contributed by atoms with Crippen molar-refractivity contribution in [3.63, 3.8) is 0 Å². The van der Waals surface area contributed by atoms with E-state index >= 15 is 0 Å². The minimum Gasteiger partial charge on any atom is -0.493 e. The number of ether oxygens (including phenoxy) is 1. The van der Waals surface area contributed by atoms with Crippen LogP contribution in [0.1, 0.15) is 80.5 Å².